The number of imidazole rings is 1. The van der Waals surface area contributed by atoms with Crippen molar-refractivity contribution in [1.29, 1.82) is 0 Å². The first-order chi connectivity index (χ1) is 15.1. The Morgan fingerprint density at radius 2 is 1.88 bits per heavy atom. The SMILES string of the molecule is Cc1cc(C(=O)Nc2ccc3c(c2)N(C(=O)OC(C)(C)C)CC3)cc(-n2cnc(C)c2)c1. The predicted octanol–water partition coefficient (Wildman–Crippen LogP) is 5.04. The number of ether oxygens (including phenoxy) is 1. The third-order valence-corrected chi connectivity index (χ3v) is 5.19. The molecule has 0 radical (unpaired) electrons. The highest BCUT2D eigenvalue weighted by atomic mass is 16.6. The molecule has 0 atom stereocenters. The number of aryl methyl sites for hydroxylation is 2. The van der Waals surface area contributed by atoms with Gasteiger partial charge < -0.3 is 14.6 Å². The summed E-state index contributed by atoms with van der Waals surface area (Å²) in [6, 6.07) is 11.3. The van der Waals surface area contributed by atoms with Crippen LogP contribution in [0.2, 0.25) is 0 Å². The van der Waals surface area contributed by atoms with Crippen molar-refractivity contribution in [1.82, 2.24) is 9.55 Å². The van der Waals surface area contributed by atoms with Crippen LogP contribution in [-0.4, -0.2) is 33.7 Å². The van der Waals surface area contributed by atoms with Crippen LogP contribution in [-0.2, 0) is 11.2 Å². The topological polar surface area (TPSA) is 76.5 Å². The number of hydrogen-bond acceptors (Lipinski definition) is 4. The lowest BCUT2D eigenvalue weighted by molar-refractivity contribution is 0.0584. The van der Waals surface area contributed by atoms with E-state index in [4.69, 9.17) is 4.74 Å². The van der Waals surface area contributed by atoms with Gasteiger partial charge in [-0.2, -0.15) is 0 Å². The molecule has 32 heavy (non-hydrogen) atoms. The van der Waals surface area contributed by atoms with Gasteiger partial charge in [0.1, 0.15) is 5.60 Å². The van der Waals surface area contributed by atoms with Gasteiger partial charge in [-0.3, -0.25) is 9.69 Å². The van der Waals surface area contributed by atoms with Crippen LogP contribution < -0.4 is 10.2 Å². The molecule has 1 aliphatic rings. The summed E-state index contributed by atoms with van der Waals surface area (Å²) in [5.41, 5.74) is 5.21. The molecule has 166 valence electrons. The average Bonchev–Trinajstić information content (AvgIpc) is 3.32. The van der Waals surface area contributed by atoms with E-state index in [-0.39, 0.29) is 12.0 Å². The van der Waals surface area contributed by atoms with Crippen molar-refractivity contribution in [2.75, 3.05) is 16.8 Å². The maximum Gasteiger partial charge on any atom is 0.414 e. The molecule has 0 aliphatic carbocycles. The smallest absolute Gasteiger partial charge is 0.414 e. The monoisotopic (exact) mass is 432 g/mol. The van der Waals surface area contributed by atoms with E-state index < -0.39 is 5.60 Å². The highest BCUT2D eigenvalue weighted by molar-refractivity contribution is 6.05. The van der Waals surface area contributed by atoms with Crippen LogP contribution in [0.15, 0.2) is 48.9 Å². The van der Waals surface area contributed by atoms with Crippen LogP contribution in [0.3, 0.4) is 0 Å². The summed E-state index contributed by atoms with van der Waals surface area (Å²) in [7, 11) is 0. The van der Waals surface area contributed by atoms with Crippen molar-refractivity contribution in [2.45, 2.75) is 46.6 Å². The lowest BCUT2D eigenvalue weighted by Gasteiger charge is -2.25. The molecular weight excluding hydrogens is 404 g/mol. The Labute approximate surface area is 188 Å². The van der Waals surface area contributed by atoms with Crippen LogP contribution in [0.5, 0.6) is 0 Å². The summed E-state index contributed by atoms with van der Waals surface area (Å²) in [6.07, 6.45) is 4.03. The fourth-order valence-corrected chi connectivity index (χ4v) is 3.77. The van der Waals surface area contributed by atoms with E-state index in [1.54, 1.807) is 11.2 Å². The summed E-state index contributed by atoms with van der Waals surface area (Å²) >= 11 is 0. The molecule has 0 spiro atoms. The van der Waals surface area contributed by atoms with Crippen molar-refractivity contribution >= 4 is 23.4 Å². The Kier molecular flexibility index (Phi) is 5.50. The molecule has 0 unspecified atom stereocenters. The molecular formula is C25H28N4O3. The largest absolute Gasteiger partial charge is 0.443 e. The molecule has 7 nitrogen and oxygen atoms in total. The first kappa shape index (κ1) is 21.6. The van der Waals surface area contributed by atoms with Gasteiger partial charge in [0.2, 0.25) is 0 Å². The Morgan fingerprint density at radius 1 is 1.09 bits per heavy atom. The maximum absolute atomic E-state index is 13.0. The summed E-state index contributed by atoms with van der Waals surface area (Å²) in [5.74, 6) is -0.214. The molecule has 0 bridgehead atoms. The zero-order valence-corrected chi connectivity index (χ0v) is 19.1. The number of carbonyl (C=O) groups excluding carboxylic acids is 2. The molecule has 2 heterocycles. The molecule has 7 heteroatoms. The molecule has 4 rings (SSSR count). The van der Waals surface area contributed by atoms with Crippen LogP contribution in [0.1, 0.15) is 48.0 Å². The zero-order valence-electron chi connectivity index (χ0n) is 19.1. The Morgan fingerprint density at radius 3 is 2.56 bits per heavy atom. The second kappa shape index (κ2) is 8.15. The number of aromatic nitrogens is 2. The van der Waals surface area contributed by atoms with Gasteiger partial charge in [-0.25, -0.2) is 9.78 Å². The Hall–Kier alpha value is -3.61. The fourth-order valence-electron chi connectivity index (χ4n) is 3.77. The molecule has 1 aromatic heterocycles. The van der Waals surface area contributed by atoms with E-state index in [1.807, 2.05) is 81.8 Å². The normalized spacial score (nSPS) is 13.1. The highest BCUT2D eigenvalue weighted by Crippen LogP contribution is 2.32. The highest BCUT2D eigenvalue weighted by Gasteiger charge is 2.29. The first-order valence-electron chi connectivity index (χ1n) is 10.7. The van der Waals surface area contributed by atoms with E-state index in [9.17, 15) is 9.59 Å². The van der Waals surface area contributed by atoms with Crippen LogP contribution in [0.25, 0.3) is 5.69 Å². The number of nitrogens with one attached hydrogen (secondary N) is 1. The lowest BCUT2D eigenvalue weighted by Crippen LogP contribution is -2.35. The Bertz CT molecular complexity index is 1190. The van der Waals surface area contributed by atoms with Gasteiger partial charge in [0.15, 0.2) is 0 Å². The van der Waals surface area contributed by atoms with E-state index >= 15 is 0 Å². The molecule has 0 fully saturated rings. The summed E-state index contributed by atoms with van der Waals surface area (Å²) < 4.78 is 7.43. The van der Waals surface area contributed by atoms with Crippen LogP contribution >= 0.6 is 0 Å². The Balaban J connectivity index is 1.56. The van der Waals surface area contributed by atoms with Gasteiger partial charge >= 0.3 is 6.09 Å². The molecule has 2 aromatic carbocycles. The maximum atomic E-state index is 13.0. The quantitative estimate of drug-likeness (QED) is 0.629. The second-order valence-electron chi connectivity index (χ2n) is 9.16. The summed E-state index contributed by atoms with van der Waals surface area (Å²) in [4.78, 5) is 31.5. The standard InChI is InChI=1S/C25H28N4O3/c1-16-10-19(12-21(11-16)28-14-17(2)26-15-28)23(30)27-20-7-6-18-8-9-29(22(18)13-20)24(31)32-25(3,4)5/h6-7,10-15H,8-9H2,1-5H3,(H,27,30). The van der Waals surface area contributed by atoms with E-state index in [0.717, 1.165) is 34.6 Å². The number of fused-ring (bicyclic) bond motifs is 1. The van der Waals surface area contributed by atoms with Gasteiger partial charge in [-0.15, -0.1) is 0 Å². The number of anilines is 2. The number of benzene rings is 2. The number of carbonyl (C=O) groups is 2. The fraction of sp³-hybridized carbons (Fsp3) is 0.320. The third-order valence-electron chi connectivity index (χ3n) is 5.19. The molecule has 2 amide bonds. The minimum atomic E-state index is -0.567. The number of nitrogens with zero attached hydrogens (tertiary/aromatic N) is 3. The zero-order chi connectivity index (χ0) is 23.0. The number of hydrogen-bond donors (Lipinski definition) is 1. The van der Waals surface area contributed by atoms with Crippen molar-refractivity contribution in [3.05, 3.63) is 71.3 Å². The van der Waals surface area contributed by atoms with Gasteiger partial charge in [-0.1, -0.05) is 6.07 Å². The minimum absolute atomic E-state index is 0.214. The average molecular weight is 433 g/mol. The number of rotatable bonds is 3. The van der Waals surface area contributed by atoms with Gasteiger partial charge in [0, 0.05) is 29.7 Å². The number of amides is 2. The lowest BCUT2D eigenvalue weighted by atomic mass is 10.1. The van der Waals surface area contributed by atoms with E-state index in [0.29, 0.717) is 17.8 Å². The van der Waals surface area contributed by atoms with Crippen molar-refractivity contribution in [2.24, 2.45) is 0 Å². The van der Waals surface area contributed by atoms with Gasteiger partial charge in [0.25, 0.3) is 5.91 Å². The predicted molar refractivity (Wildman–Crippen MR) is 125 cm³/mol. The van der Waals surface area contributed by atoms with Gasteiger partial charge in [-0.05, 0) is 82.5 Å². The molecule has 1 N–H and O–H groups in total. The molecule has 3 aromatic rings. The molecule has 0 saturated heterocycles. The van der Waals surface area contributed by atoms with Crippen molar-refractivity contribution in [3.63, 3.8) is 0 Å². The van der Waals surface area contributed by atoms with E-state index in [1.165, 1.54) is 0 Å². The van der Waals surface area contributed by atoms with E-state index in [2.05, 4.69) is 10.3 Å². The summed E-state index contributed by atoms with van der Waals surface area (Å²) in [5, 5.41) is 2.96. The molecule has 1 aliphatic heterocycles. The first-order valence-corrected chi connectivity index (χ1v) is 10.7. The van der Waals surface area contributed by atoms with Crippen molar-refractivity contribution in [3.8, 4) is 5.69 Å². The van der Waals surface area contributed by atoms with Crippen molar-refractivity contribution < 1.29 is 14.3 Å². The molecule has 0 saturated carbocycles. The second-order valence-corrected chi connectivity index (χ2v) is 9.16. The van der Waals surface area contributed by atoms with Crippen LogP contribution in [0.4, 0.5) is 16.2 Å². The van der Waals surface area contributed by atoms with Gasteiger partial charge in [0.05, 0.1) is 17.7 Å². The minimum Gasteiger partial charge on any atom is -0.443 e. The third kappa shape index (κ3) is 4.66. The summed E-state index contributed by atoms with van der Waals surface area (Å²) in [6.45, 7) is 9.99. The van der Waals surface area contributed by atoms with Crippen LogP contribution in [0, 0.1) is 13.8 Å².